The maximum atomic E-state index is 5.73. The van der Waals surface area contributed by atoms with E-state index in [1.165, 1.54) is 11.1 Å². The molecule has 0 radical (unpaired) electrons. The molecule has 1 heterocycles. The van der Waals surface area contributed by atoms with Gasteiger partial charge >= 0.3 is 0 Å². The van der Waals surface area contributed by atoms with Crippen molar-refractivity contribution < 1.29 is 4.74 Å². The van der Waals surface area contributed by atoms with Crippen molar-refractivity contribution in [2.75, 3.05) is 20.2 Å². The maximum Gasteiger partial charge on any atom is 0.122 e. The van der Waals surface area contributed by atoms with Crippen LogP contribution in [0.1, 0.15) is 37.4 Å². The molecule has 100 valence electrons. The molecule has 18 heavy (non-hydrogen) atoms. The highest BCUT2D eigenvalue weighted by molar-refractivity contribution is 5.41. The summed E-state index contributed by atoms with van der Waals surface area (Å²) in [6, 6.07) is 6.87. The smallest absolute Gasteiger partial charge is 0.122 e. The Kier molecular flexibility index (Phi) is 3.93. The van der Waals surface area contributed by atoms with Crippen LogP contribution in [0.2, 0.25) is 0 Å². The van der Waals surface area contributed by atoms with Crippen molar-refractivity contribution in [1.82, 2.24) is 5.32 Å². The van der Waals surface area contributed by atoms with Gasteiger partial charge < -0.3 is 15.8 Å². The first-order chi connectivity index (χ1) is 8.58. The normalized spacial score (nSPS) is 16.2. The minimum absolute atomic E-state index is 0.150. The van der Waals surface area contributed by atoms with Crippen LogP contribution in [-0.4, -0.2) is 20.2 Å². The van der Waals surface area contributed by atoms with Crippen molar-refractivity contribution in [2.24, 2.45) is 11.1 Å². The SMILES string of the molecule is CNC(c1ccc2c(c1)CCO2)C(C)(C)CCN. The molecule has 0 fully saturated rings. The van der Waals surface area contributed by atoms with Gasteiger partial charge in [0.25, 0.3) is 0 Å². The summed E-state index contributed by atoms with van der Waals surface area (Å²) in [5, 5.41) is 3.44. The average molecular weight is 248 g/mol. The molecule has 1 unspecified atom stereocenters. The van der Waals surface area contributed by atoms with E-state index in [0.29, 0.717) is 6.04 Å². The number of ether oxygens (including phenoxy) is 1. The predicted octanol–water partition coefficient (Wildman–Crippen LogP) is 2.26. The molecule has 1 aliphatic rings. The van der Waals surface area contributed by atoms with Gasteiger partial charge in [0.15, 0.2) is 0 Å². The second-order valence-corrected chi connectivity index (χ2v) is 5.71. The standard InChI is InChI=1S/C15H24N2O/c1-15(2,7-8-16)14(17-3)12-4-5-13-11(10-12)6-9-18-13/h4-5,10,14,17H,6-9,16H2,1-3H3. The minimum atomic E-state index is 0.150. The monoisotopic (exact) mass is 248 g/mol. The van der Waals surface area contributed by atoms with E-state index < -0.39 is 0 Å². The summed E-state index contributed by atoms with van der Waals surface area (Å²) >= 11 is 0. The summed E-state index contributed by atoms with van der Waals surface area (Å²) in [6.45, 7) is 6.07. The first-order valence-electron chi connectivity index (χ1n) is 6.71. The number of nitrogens with one attached hydrogen (secondary N) is 1. The lowest BCUT2D eigenvalue weighted by atomic mass is 9.77. The Bertz CT molecular complexity index is 415. The molecule has 0 saturated carbocycles. The molecule has 3 heteroatoms. The molecular formula is C15H24N2O. The highest BCUT2D eigenvalue weighted by atomic mass is 16.5. The van der Waals surface area contributed by atoms with E-state index in [0.717, 1.165) is 31.7 Å². The largest absolute Gasteiger partial charge is 0.493 e. The first kappa shape index (κ1) is 13.4. The molecule has 2 rings (SSSR count). The highest BCUT2D eigenvalue weighted by Crippen LogP contribution is 2.38. The summed E-state index contributed by atoms with van der Waals surface area (Å²) in [7, 11) is 2.02. The van der Waals surface area contributed by atoms with Crippen LogP contribution >= 0.6 is 0 Å². The molecule has 3 N–H and O–H groups in total. The predicted molar refractivity (Wildman–Crippen MR) is 74.9 cm³/mol. The van der Waals surface area contributed by atoms with Gasteiger partial charge in [-0.2, -0.15) is 0 Å². The Hall–Kier alpha value is -1.06. The van der Waals surface area contributed by atoms with E-state index in [1.54, 1.807) is 0 Å². The fraction of sp³-hybridized carbons (Fsp3) is 0.600. The summed E-state index contributed by atoms with van der Waals surface area (Å²) in [6.07, 6.45) is 2.03. The van der Waals surface area contributed by atoms with Gasteiger partial charge in [0.1, 0.15) is 5.75 Å². The Labute approximate surface area is 110 Å². The number of benzene rings is 1. The fourth-order valence-electron chi connectivity index (χ4n) is 2.91. The summed E-state index contributed by atoms with van der Waals surface area (Å²) < 4.78 is 5.56. The average Bonchev–Trinajstić information content (AvgIpc) is 2.76. The summed E-state index contributed by atoms with van der Waals surface area (Å²) in [5.74, 6) is 1.05. The van der Waals surface area contributed by atoms with Gasteiger partial charge in [0.2, 0.25) is 0 Å². The van der Waals surface area contributed by atoms with Crippen molar-refractivity contribution in [3.63, 3.8) is 0 Å². The quantitative estimate of drug-likeness (QED) is 0.840. The first-order valence-corrected chi connectivity index (χ1v) is 6.71. The molecule has 1 aromatic carbocycles. The Morgan fingerprint density at radius 2 is 2.22 bits per heavy atom. The highest BCUT2D eigenvalue weighted by Gasteiger charge is 2.29. The number of rotatable bonds is 5. The van der Waals surface area contributed by atoms with E-state index in [4.69, 9.17) is 10.5 Å². The minimum Gasteiger partial charge on any atom is -0.493 e. The topological polar surface area (TPSA) is 47.3 Å². The van der Waals surface area contributed by atoms with Crippen molar-refractivity contribution in [3.8, 4) is 5.75 Å². The number of hydrogen-bond acceptors (Lipinski definition) is 3. The van der Waals surface area contributed by atoms with Crippen LogP contribution in [-0.2, 0) is 6.42 Å². The van der Waals surface area contributed by atoms with Crippen molar-refractivity contribution >= 4 is 0 Å². The zero-order chi connectivity index (χ0) is 13.2. The third-order valence-electron chi connectivity index (χ3n) is 3.91. The third-order valence-corrected chi connectivity index (χ3v) is 3.91. The van der Waals surface area contributed by atoms with Gasteiger partial charge in [-0.25, -0.2) is 0 Å². The van der Waals surface area contributed by atoms with Crippen LogP contribution < -0.4 is 15.8 Å². The Balaban J connectivity index is 2.27. The molecule has 0 bridgehead atoms. The molecule has 0 aromatic heterocycles. The second-order valence-electron chi connectivity index (χ2n) is 5.71. The Morgan fingerprint density at radius 1 is 1.44 bits per heavy atom. The lowest BCUT2D eigenvalue weighted by Gasteiger charge is -2.34. The van der Waals surface area contributed by atoms with E-state index in [1.807, 2.05) is 7.05 Å². The molecule has 0 saturated heterocycles. The third kappa shape index (κ3) is 2.52. The van der Waals surface area contributed by atoms with Crippen LogP contribution in [0.4, 0.5) is 0 Å². The zero-order valence-electron chi connectivity index (χ0n) is 11.6. The van der Waals surface area contributed by atoms with E-state index in [2.05, 4.69) is 37.4 Å². The van der Waals surface area contributed by atoms with Crippen LogP contribution in [0.3, 0.4) is 0 Å². The Morgan fingerprint density at radius 3 is 2.89 bits per heavy atom. The number of fused-ring (bicyclic) bond motifs is 1. The van der Waals surface area contributed by atoms with Crippen molar-refractivity contribution in [3.05, 3.63) is 29.3 Å². The summed E-state index contributed by atoms with van der Waals surface area (Å²) in [4.78, 5) is 0. The summed E-state index contributed by atoms with van der Waals surface area (Å²) in [5.41, 5.74) is 8.54. The lowest BCUT2D eigenvalue weighted by molar-refractivity contribution is 0.239. The van der Waals surface area contributed by atoms with Crippen LogP contribution in [0.25, 0.3) is 0 Å². The lowest BCUT2D eigenvalue weighted by Crippen LogP contribution is -2.33. The van der Waals surface area contributed by atoms with Crippen LogP contribution in [0.15, 0.2) is 18.2 Å². The molecule has 3 nitrogen and oxygen atoms in total. The van der Waals surface area contributed by atoms with Gasteiger partial charge in [-0.15, -0.1) is 0 Å². The van der Waals surface area contributed by atoms with E-state index in [9.17, 15) is 0 Å². The second kappa shape index (κ2) is 5.29. The maximum absolute atomic E-state index is 5.73. The zero-order valence-corrected chi connectivity index (χ0v) is 11.6. The number of hydrogen-bond donors (Lipinski definition) is 2. The van der Waals surface area contributed by atoms with Crippen molar-refractivity contribution in [2.45, 2.75) is 32.7 Å². The molecule has 1 atom stereocenters. The van der Waals surface area contributed by atoms with Crippen LogP contribution in [0.5, 0.6) is 5.75 Å². The fourth-order valence-corrected chi connectivity index (χ4v) is 2.91. The van der Waals surface area contributed by atoms with Crippen LogP contribution in [0, 0.1) is 5.41 Å². The van der Waals surface area contributed by atoms with Gasteiger partial charge in [-0.05, 0) is 42.6 Å². The van der Waals surface area contributed by atoms with Crippen molar-refractivity contribution in [1.29, 1.82) is 0 Å². The van der Waals surface area contributed by atoms with Gasteiger partial charge in [-0.1, -0.05) is 26.0 Å². The molecule has 1 aromatic rings. The van der Waals surface area contributed by atoms with Gasteiger partial charge in [-0.3, -0.25) is 0 Å². The molecule has 0 amide bonds. The number of nitrogens with two attached hydrogens (primary N) is 1. The molecule has 1 aliphatic heterocycles. The van der Waals surface area contributed by atoms with E-state index in [-0.39, 0.29) is 5.41 Å². The van der Waals surface area contributed by atoms with E-state index >= 15 is 0 Å². The molecule has 0 aliphatic carbocycles. The van der Waals surface area contributed by atoms with Gasteiger partial charge in [0.05, 0.1) is 6.61 Å². The molecular weight excluding hydrogens is 224 g/mol. The molecule has 0 spiro atoms. The van der Waals surface area contributed by atoms with Gasteiger partial charge in [0, 0.05) is 12.5 Å².